The highest BCUT2D eigenvalue weighted by atomic mass is 16.4. The Morgan fingerprint density at radius 2 is 2.00 bits per heavy atom. The Kier molecular flexibility index (Phi) is 2.14. The fourth-order valence-electron chi connectivity index (χ4n) is 1.48. The normalized spacial score (nSPS) is 14.9. The maximum absolute atomic E-state index is 10.8. The van der Waals surface area contributed by atoms with E-state index >= 15 is 0 Å². The van der Waals surface area contributed by atoms with E-state index in [9.17, 15) is 4.79 Å². The maximum Gasteiger partial charge on any atom is 0.354 e. The lowest BCUT2D eigenvalue weighted by molar-refractivity contribution is -0.132. The third-order valence-corrected chi connectivity index (χ3v) is 2.13. The van der Waals surface area contributed by atoms with Gasteiger partial charge in [-0.2, -0.15) is 0 Å². The van der Waals surface area contributed by atoms with Gasteiger partial charge in [-0.05, 0) is 11.1 Å². The quantitative estimate of drug-likeness (QED) is 0.769. The Morgan fingerprint density at radius 1 is 1.29 bits per heavy atom. The van der Waals surface area contributed by atoms with Gasteiger partial charge in [-0.3, -0.25) is 4.99 Å². The molecule has 70 valence electrons. The van der Waals surface area contributed by atoms with Gasteiger partial charge in [0.15, 0.2) is 5.70 Å². The molecule has 1 heterocycles. The van der Waals surface area contributed by atoms with Crippen molar-refractivity contribution in [1.82, 2.24) is 0 Å². The molecule has 1 aromatic rings. The second-order valence-corrected chi connectivity index (χ2v) is 3.01. The molecule has 1 aromatic carbocycles. The second-order valence-electron chi connectivity index (χ2n) is 3.01. The molecular formula is C11H9NO2. The van der Waals surface area contributed by atoms with E-state index in [-0.39, 0.29) is 5.70 Å². The van der Waals surface area contributed by atoms with Crippen LogP contribution in [0.3, 0.4) is 0 Å². The van der Waals surface area contributed by atoms with E-state index in [4.69, 9.17) is 5.11 Å². The molecule has 0 aliphatic carbocycles. The fourth-order valence-corrected chi connectivity index (χ4v) is 1.48. The third-order valence-electron chi connectivity index (χ3n) is 2.13. The highest BCUT2D eigenvalue weighted by Gasteiger charge is 2.17. The summed E-state index contributed by atoms with van der Waals surface area (Å²) >= 11 is 0. The van der Waals surface area contributed by atoms with E-state index in [1.54, 1.807) is 6.21 Å². The first-order valence-electron chi connectivity index (χ1n) is 4.33. The molecule has 1 N–H and O–H groups in total. The van der Waals surface area contributed by atoms with Crippen molar-refractivity contribution in [3.8, 4) is 0 Å². The Bertz CT molecular complexity index is 418. The standard InChI is InChI=1S/C11H9NO2/c13-11(14)10-9(6-7-12-10)8-4-2-1-3-5-8/h1-5,7H,6H2,(H,13,14). The van der Waals surface area contributed by atoms with E-state index < -0.39 is 5.97 Å². The average Bonchev–Trinajstić information content (AvgIpc) is 2.67. The minimum atomic E-state index is -0.961. The van der Waals surface area contributed by atoms with Gasteiger partial charge >= 0.3 is 5.97 Å². The first-order valence-corrected chi connectivity index (χ1v) is 4.33. The zero-order valence-corrected chi connectivity index (χ0v) is 7.47. The Balaban J connectivity index is 2.45. The van der Waals surface area contributed by atoms with Crippen LogP contribution >= 0.6 is 0 Å². The van der Waals surface area contributed by atoms with Crippen molar-refractivity contribution in [2.24, 2.45) is 4.99 Å². The van der Waals surface area contributed by atoms with Gasteiger partial charge in [0.1, 0.15) is 0 Å². The number of carbonyl (C=O) groups is 1. The van der Waals surface area contributed by atoms with Crippen molar-refractivity contribution in [3.63, 3.8) is 0 Å². The van der Waals surface area contributed by atoms with Crippen LogP contribution in [-0.4, -0.2) is 17.3 Å². The molecule has 3 nitrogen and oxygen atoms in total. The molecule has 0 amide bonds. The van der Waals surface area contributed by atoms with Gasteiger partial charge in [0.05, 0.1) is 0 Å². The van der Waals surface area contributed by atoms with Crippen LogP contribution in [0.4, 0.5) is 0 Å². The van der Waals surface area contributed by atoms with Gasteiger partial charge in [0.25, 0.3) is 0 Å². The maximum atomic E-state index is 10.8. The summed E-state index contributed by atoms with van der Waals surface area (Å²) in [5.74, 6) is -0.961. The van der Waals surface area contributed by atoms with Crippen molar-refractivity contribution in [3.05, 3.63) is 41.6 Å². The lowest BCUT2D eigenvalue weighted by atomic mass is 10.0. The van der Waals surface area contributed by atoms with E-state index in [1.807, 2.05) is 30.3 Å². The highest BCUT2D eigenvalue weighted by Crippen LogP contribution is 2.26. The first-order chi connectivity index (χ1) is 6.79. The van der Waals surface area contributed by atoms with Crippen LogP contribution in [0, 0.1) is 0 Å². The number of hydrogen-bond acceptors (Lipinski definition) is 2. The molecule has 0 fully saturated rings. The van der Waals surface area contributed by atoms with Crippen molar-refractivity contribution >= 4 is 17.8 Å². The molecule has 3 heteroatoms. The van der Waals surface area contributed by atoms with Crippen LogP contribution in [0.1, 0.15) is 12.0 Å². The summed E-state index contributed by atoms with van der Waals surface area (Å²) in [4.78, 5) is 14.7. The first kappa shape index (κ1) is 8.69. The average molecular weight is 187 g/mol. The van der Waals surface area contributed by atoms with Gasteiger partial charge in [0.2, 0.25) is 0 Å². The zero-order chi connectivity index (χ0) is 9.97. The fraction of sp³-hybridized carbons (Fsp3) is 0.0909. The largest absolute Gasteiger partial charge is 0.477 e. The zero-order valence-electron chi connectivity index (χ0n) is 7.47. The molecule has 0 saturated carbocycles. The van der Waals surface area contributed by atoms with Crippen LogP contribution in [0.15, 0.2) is 41.0 Å². The van der Waals surface area contributed by atoms with Crippen LogP contribution in [0.2, 0.25) is 0 Å². The molecule has 1 aliphatic heterocycles. The van der Waals surface area contributed by atoms with Gasteiger partial charge in [0, 0.05) is 12.6 Å². The number of benzene rings is 1. The van der Waals surface area contributed by atoms with E-state index in [0.29, 0.717) is 6.42 Å². The van der Waals surface area contributed by atoms with Gasteiger partial charge in [-0.25, -0.2) is 4.79 Å². The van der Waals surface area contributed by atoms with E-state index in [2.05, 4.69) is 4.99 Å². The van der Waals surface area contributed by atoms with Crippen LogP contribution < -0.4 is 0 Å². The lowest BCUT2D eigenvalue weighted by Gasteiger charge is -2.01. The van der Waals surface area contributed by atoms with Crippen LogP contribution in [0.5, 0.6) is 0 Å². The molecule has 1 aliphatic rings. The minimum Gasteiger partial charge on any atom is -0.477 e. The summed E-state index contributed by atoms with van der Waals surface area (Å²) in [5, 5.41) is 8.87. The molecule has 2 rings (SSSR count). The number of carboxylic acid groups (broad SMARTS) is 1. The number of carboxylic acids is 1. The summed E-state index contributed by atoms with van der Waals surface area (Å²) < 4.78 is 0. The molecule has 0 unspecified atom stereocenters. The van der Waals surface area contributed by atoms with Crippen LogP contribution in [-0.2, 0) is 4.79 Å². The molecule has 0 radical (unpaired) electrons. The van der Waals surface area contributed by atoms with Crippen molar-refractivity contribution < 1.29 is 9.90 Å². The molecular weight excluding hydrogens is 178 g/mol. The summed E-state index contributed by atoms with van der Waals surface area (Å²) in [6.45, 7) is 0. The minimum absolute atomic E-state index is 0.163. The summed E-state index contributed by atoms with van der Waals surface area (Å²) in [7, 11) is 0. The Labute approximate surface area is 81.4 Å². The summed E-state index contributed by atoms with van der Waals surface area (Å²) in [5.41, 5.74) is 1.89. The number of allylic oxidation sites excluding steroid dienone is 1. The summed E-state index contributed by atoms with van der Waals surface area (Å²) in [6, 6.07) is 9.47. The van der Waals surface area contributed by atoms with Gasteiger partial charge in [-0.1, -0.05) is 30.3 Å². The molecule has 14 heavy (non-hydrogen) atoms. The van der Waals surface area contributed by atoms with Gasteiger partial charge in [-0.15, -0.1) is 0 Å². The van der Waals surface area contributed by atoms with E-state index in [1.165, 1.54) is 0 Å². The Hall–Kier alpha value is -1.90. The highest BCUT2D eigenvalue weighted by molar-refractivity contribution is 6.03. The number of rotatable bonds is 2. The molecule has 0 atom stereocenters. The summed E-state index contributed by atoms with van der Waals surface area (Å²) in [6.07, 6.45) is 2.23. The van der Waals surface area contributed by atoms with Crippen molar-refractivity contribution in [2.45, 2.75) is 6.42 Å². The predicted molar refractivity (Wildman–Crippen MR) is 54.1 cm³/mol. The number of aliphatic imine (C=N–C) groups is 1. The molecule has 0 saturated heterocycles. The van der Waals surface area contributed by atoms with Crippen molar-refractivity contribution in [2.75, 3.05) is 0 Å². The van der Waals surface area contributed by atoms with Crippen molar-refractivity contribution in [1.29, 1.82) is 0 Å². The second kappa shape index (κ2) is 3.46. The Morgan fingerprint density at radius 3 is 2.64 bits per heavy atom. The molecule has 0 bridgehead atoms. The van der Waals surface area contributed by atoms with Crippen LogP contribution in [0.25, 0.3) is 5.57 Å². The number of hydrogen-bond donors (Lipinski definition) is 1. The van der Waals surface area contributed by atoms with Gasteiger partial charge < -0.3 is 5.11 Å². The van der Waals surface area contributed by atoms with E-state index in [0.717, 1.165) is 11.1 Å². The predicted octanol–water partition coefficient (Wildman–Crippen LogP) is 1.96. The topological polar surface area (TPSA) is 49.7 Å². The SMILES string of the molecule is O=C(O)C1=C(c2ccccc2)CC=N1. The smallest absolute Gasteiger partial charge is 0.354 e. The molecule has 0 spiro atoms. The number of nitrogens with zero attached hydrogens (tertiary/aromatic N) is 1. The third kappa shape index (κ3) is 1.44. The monoisotopic (exact) mass is 187 g/mol. The molecule has 0 aromatic heterocycles. The lowest BCUT2D eigenvalue weighted by Crippen LogP contribution is -1.98. The number of aliphatic carboxylic acids is 1.